The molecule has 0 saturated carbocycles. The Kier molecular flexibility index (Phi) is 5.14. The summed E-state index contributed by atoms with van der Waals surface area (Å²) < 4.78 is 0. The fourth-order valence-corrected chi connectivity index (χ4v) is 3.84. The Morgan fingerprint density at radius 1 is 1.17 bits per heavy atom. The summed E-state index contributed by atoms with van der Waals surface area (Å²) in [6.45, 7) is 2.25. The molecule has 23 heavy (non-hydrogen) atoms. The van der Waals surface area contributed by atoms with E-state index in [1.165, 1.54) is 4.90 Å². The zero-order valence-electron chi connectivity index (χ0n) is 12.5. The van der Waals surface area contributed by atoms with Crippen molar-refractivity contribution in [2.24, 2.45) is 0 Å². The van der Waals surface area contributed by atoms with Gasteiger partial charge in [0, 0.05) is 18.7 Å². The van der Waals surface area contributed by atoms with Crippen LogP contribution in [0.2, 0.25) is 0 Å². The van der Waals surface area contributed by atoms with Crippen LogP contribution in [0.1, 0.15) is 6.42 Å². The van der Waals surface area contributed by atoms with Gasteiger partial charge in [0.05, 0.1) is 24.3 Å². The Labute approximate surface area is 144 Å². The SMILES string of the molecule is O=C1C[C@@H](SCCN2CNC(=S)NC2)C(=O)N1c1ccccc1. The first-order chi connectivity index (χ1) is 11.1. The third-order valence-corrected chi connectivity index (χ3v) is 5.25. The van der Waals surface area contributed by atoms with Gasteiger partial charge in [-0.1, -0.05) is 18.2 Å². The molecule has 0 bridgehead atoms. The van der Waals surface area contributed by atoms with E-state index in [0.717, 1.165) is 12.3 Å². The monoisotopic (exact) mass is 350 g/mol. The minimum absolute atomic E-state index is 0.109. The van der Waals surface area contributed by atoms with Gasteiger partial charge in [0.2, 0.25) is 11.8 Å². The lowest BCUT2D eigenvalue weighted by molar-refractivity contribution is -0.121. The van der Waals surface area contributed by atoms with Crippen molar-refractivity contribution in [2.45, 2.75) is 11.7 Å². The summed E-state index contributed by atoms with van der Waals surface area (Å²) in [4.78, 5) is 28.1. The van der Waals surface area contributed by atoms with Gasteiger partial charge in [-0.2, -0.15) is 0 Å². The number of nitrogens with zero attached hydrogens (tertiary/aromatic N) is 2. The number of thiocarbonyl (C=S) groups is 1. The number of para-hydroxylation sites is 1. The predicted molar refractivity (Wildman–Crippen MR) is 95.1 cm³/mol. The van der Waals surface area contributed by atoms with Crippen molar-refractivity contribution >= 4 is 46.6 Å². The van der Waals surface area contributed by atoms with E-state index in [1.54, 1.807) is 23.9 Å². The van der Waals surface area contributed by atoms with Gasteiger partial charge in [-0.05, 0) is 24.4 Å². The van der Waals surface area contributed by atoms with Crippen molar-refractivity contribution in [3.8, 4) is 0 Å². The summed E-state index contributed by atoms with van der Waals surface area (Å²) in [7, 11) is 0. The van der Waals surface area contributed by atoms with Crippen LogP contribution < -0.4 is 15.5 Å². The van der Waals surface area contributed by atoms with E-state index in [1.807, 2.05) is 18.2 Å². The maximum atomic E-state index is 12.5. The Hall–Kier alpha value is -1.64. The van der Waals surface area contributed by atoms with Gasteiger partial charge in [0.1, 0.15) is 0 Å². The number of carbonyl (C=O) groups is 2. The van der Waals surface area contributed by atoms with Crippen molar-refractivity contribution in [1.82, 2.24) is 15.5 Å². The zero-order valence-corrected chi connectivity index (χ0v) is 14.2. The summed E-state index contributed by atoms with van der Waals surface area (Å²) in [5.41, 5.74) is 0.656. The van der Waals surface area contributed by atoms with Crippen LogP contribution in [0.15, 0.2) is 30.3 Å². The molecule has 0 aromatic heterocycles. The summed E-state index contributed by atoms with van der Waals surface area (Å²) in [5.74, 6) is 0.565. The van der Waals surface area contributed by atoms with Crippen molar-refractivity contribution in [3.63, 3.8) is 0 Å². The normalized spacial score (nSPS) is 22.2. The molecule has 3 rings (SSSR count). The highest BCUT2D eigenvalue weighted by Gasteiger charge is 2.39. The highest BCUT2D eigenvalue weighted by atomic mass is 32.2. The molecule has 2 saturated heterocycles. The minimum Gasteiger partial charge on any atom is -0.350 e. The van der Waals surface area contributed by atoms with Crippen molar-refractivity contribution < 1.29 is 9.59 Å². The molecule has 2 aliphatic rings. The van der Waals surface area contributed by atoms with Crippen LogP contribution in [-0.2, 0) is 9.59 Å². The van der Waals surface area contributed by atoms with Crippen LogP contribution in [-0.4, -0.2) is 52.7 Å². The fourth-order valence-electron chi connectivity index (χ4n) is 2.55. The summed E-state index contributed by atoms with van der Waals surface area (Å²) in [6, 6.07) is 9.11. The maximum absolute atomic E-state index is 12.5. The molecule has 0 spiro atoms. The van der Waals surface area contributed by atoms with Crippen LogP contribution in [0.3, 0.4) is 0 Å². The van der Waals surface area contributed by atoms with Crippen molar-refractivity contribution in [1.29, 1.82) is 0 Å². The first kappa shape index (κ1) is 16.2. The average molecular weight is 350 g/mol. The number of thioether (sulfide) groups is 1. The first-order valence-corrected chi connectivity index (χ1v) is 8.88. The molecule has 1 aromatic rings. The maximum Gasteiger partial charge on any atom is 0.247 e. The van der Waals surface area contributed by atoms with Crippen molar-refractivity contribution in [2.75, 3.05) is 30.5 Å². The standard InChI is InChI=1S/C15H18N4O2S2/c20-13-8-12(14(21)19(13)11-4-2-1-3-5-11)23-7-6-18-9-16-15(22)17-10-18/h1-5,12H,6-10H2,(H2,16,17,22)/t12-/m1/s1. The van der Waals surface area contributed by atoms with E-state index in [-0.39, 0.29) is 23.5 Å². The molecule has 0 unspecified atom stereocenters. The highest BCUT2D eigenvalue weighted by Crippen LogP contribution is 2.29. The van der Waals surface area contributed by atoms with E-state index in [2.05, 4.69) is 15.5 Å². The molecule has 0 radical (unpaired) electrons. The summed E-state index contributed by atoms with van der Waals surface area (Å²) in [5, 5.41) is 6.51. The topological polar surface area (TPSA) is 64.7 Å². The summed E-state index contributed by atoms with van der Waals surface area (Å²) >= 11 is 6.55. The summed E-state index contributed by atoms with van der Waals surface area (Å²) in [6.07, 6.45) is 0.277. The molecule has 2 aliphatic heterocycles. The Morgan fingerprint density at radius 3 is 2.57 bits per heavy atom. The lowest BCUT2D eigenvalue weighted by Gasteiger charge is -2.29. The van der Waals surface area contributed by atoms with Crippen LogP contribution in [0.25, 0.3) is 0 Å². The number of amides is 2. The minimum atomic E-state index is -0.283. The van der Waals surface area contributed by atoms with E-state index in [9.17, 15) is 9.59 Å². The van der Waals surface area contributed by atoms with Crippen LogP contribution in [0.5, 0.6) is 0 Å². The molecule has 1 aromatic carbocycles. The second-order valence-corrected chi connectivity index (χ2v) is 7.08. The number of nitrogens with one attached hydrogen (secondary N) is 2. The zero-order chi connectivity index (χ0) is 16.2. The average Bonchev–Trinajstić information content (AvgIpc) is 2.84. The van der Waals surface area contributed by atoms with Crippen LogP contribution >= 0.6 is 24.0 Å². The number of carbonyl (C=O) groups excluding carboxylic acids is 2. The lowest BCUT2D eigenvalue weighted by atomic mass is 10.3. The van der Waals surface area contributed by atoms with E-state index in [4.69, 9.17) is 12.2 Å². The van der Waals surface area contributed by atoms with Gasteiger partial charge in [-0.25, -0.2) is 4.90 Å². The molecule has 1 atom stereocenters. The smallest absolute Gasteiger partial charge is 0.247 e. The van der Waals surface area contributed by atoms with Gasteiger partial charge >= 0.3 is 0 Å². The van der Waals surface area contributed by atoms with Gasteiger partial charge in [-0.15, -0.1) is 11.8 Å². The molecule has 8 heteroatoms. The van der Waals surface area contributed by atoms with Gasteiger partial charge < -0.3 is 10.6 Å². The molecule has 2 N–H and O–H groups in total. The van der Waals surface area contributed by atoms with E-state index >= 15 is 0 Å². The Bertz CT molecular complexity index is 601. The lowest BCUT2D eigenvalue weighted by Crippen LogP contribution is -2.54. The fraction of sp³-hybridized carbons (Fsp3) is 0.400. The molecule has 6 nitrogen and oxygen atoms in total. The molecular formula is C15H18N4O2S2. The van der Waals surface area contributed by atoms with E-state index in [0.29, 0.717) is 24.1 Å². The quantitative estimate of drug-likeness (QED) is 0.600. The molecule has 2 fully saturated rings. The highest BCUT2D eigenvalue weighted by molar-refractivity contribution is 8.00. The third-order valence-electron chi connectivity index (χ3n) is 3.77. The van der Waals surface area contributed by atoms with Crippen LogP contribution in [0.4, 0.5) is 5.69 Å². The van der Waals surface area contributed by atoms with E-state index < -0.39 is 0 Å². The van der Waals surface area contributed by atoms with Crippen molar-refractivity contribution in [3.05, 3.63) is 30.3 Å². The Balaban J connectivity index is 1.51. The number of rotatable bonds is 5. The molecular weight excluding hydrogens is 332 g/mol. The first-order valence-electron chi connectivity index (χ1n) is 7.42. The number of benzene rings is 1. The Morgan fingerprint density at radius 2 is 1.87 bits per heavy atom. The second-order valence-electron chi connectivity index (χ2n) is 5.36. The molecule has 0 aliphatic carbocycles. The van der Waals surface area contributed by atoms with Gasteiger partial charge in [0.25, 0.3) is 0 Å². The predicted octanol–water partition coefficient (Wildman–Crippen LogP) is 0.746. The second kappa shape index (κ2) is 7.29. The van der Waals surface area contributed by atoms with Gasteiger partial charge in [0.15, 0.2) is 5.11 Å². The number of anilines is 1. The number of hydrogen-bond donors (Lipinski definition) is 2. The van der Waals surface area contributed by atoms with Gasteiger partial charge in [-0.3, -0.25) is 14.5 Å². The van der Waals surface area contributed by atoms with Crippen LogP contribution in [0, 0.1) is 0 Å². The number of imide groups is 1. The molecule has 2 amide bonds. The largest absolute Gasteiger partial charge is 0.350 e. The third kappa shape index (κ3) is 3.82. The molecule has 122 valence electrons. The molecule has 2 heterocycles. The number of hydrogen-bond acceptors (Lipinski definition) is 5.